The Labute approximate surface area is 197 Å². The molecule has 188 valence electrons. The molecule has 0 aromatic rings. The second-order valence-corrected chi connectivity index (χ2v) is 15.9. The fraction of sp³-hybridized carbons (Fsp3) is 0.739. The van der Waals surface area contributed by atoms with Crippen molar-refractivity contribution in [2.75, 3.05) is 33.0 Å². The molecule has 9 heteroatoms. The van der Waals surface area contributed by atoms with E-state index in [-0.39, 0.29) is 11.9 Å². The molecule has 0 fully saturated rings. The zero-order chi connectivity index (χ0) is 25.2. The SMILES string of the molecule is C=C(C)C(=O)OCCC[Si](C)(C)OCC.C=C(C)C(=O)OCCC[Si](C)(OCC)OCC. The van der Waals surface area contributed by atoms with E-state index in [1.165, 1.54) is 0 Å². The van der Waals surface area contributed by atoms with Gasteiger partial charge in [0.05, 0.1) is 13.2 Å². The van der Waals surface area contributed by atoms with E-state index in [1.807, 2.05) is 27.3 Å². The Kier molecular flexibility index (Phi) is 18.7. The van der Waals surface area contributed by atoms with Crippen LogP contribution in [-0.2, 0) is 32.3 Å². The van der Waals surface area contributed by atoms with Gasteiger partial charge in [-0.25, -0.2) is 9.59 Å². The number of ether oxygens (including phenoxy) is 2. The van der Waals surface area contributed by atoms with E-state index in [2.05, 4.69) is 26.3 Å². The highest BCUT2D eigenvalue weighted by atomic mass is 28.4. The van der Waals surface area contributed by atoms with Crippen molar-refractivity contribution in [2.24, 2.45) is 0 Å². The third-order valence-electron chi connectivity index (χ3n) is 4.30. The minimum atomic E-state index is -2.06. The highest BCUT2D eigenvalue weighted by Crippen LogP contribution is 2.16. The molecule has 0 rings (SSSR count). The van der Waals surface area contributed by atoms with Crippen LogP contribution in [0.25, 0.3) is 0 Å². The van der Waals surface area contributed by atoms with Crippen LogP contribution in [0.15, 0.2) is 24.3 Å². The summed E-state index contributed by atoms with van der Waals surface area (Å²) < 4.78 is 27.1. The van der Waals surface area contributed by atoms with Gasteiger partial charge in [0.1, 0.15) is 0 Å². The zero-order valence-electron chi connectivity index (χ0n) is 21.6. The van der Waals surface area contributed by atoms with E-state index in [0.717, 1.165) is 31.5 Å². The smallest absolute Gasteiger partial charge is 0.335 e. The van der Waals surface area contributed by atoms with Crippen LogP contribution in [0.5, 0.6) is 0 Å². The van der Waals surface area contributed by atoms with Crippen molar-refractivity contribution in [1.82, 2.24) is 0 Å². The van der Waals surface area contributed by atoms with Crippen LogP contribution >= 0.6 is 0 Å². The summed E-state index contributed by atoms with van der Waals surface area (Å²) in [5, 5.41) is 0. The van der Waals surface area contributed by atoms with Gasteiger partial charge in [0.25, 0.3) is 0 Å². The molecule has 0 unspecified atom stereocenters. The molecule has 0 aliphatic heterocycles. The molecular formula is C23H46O7Si2. The van der Waals surface area contributed by atoms with Gasteiger partial charge in [0, 0.05) is 31.0 Å². The summed E-state index contributed by atoms with van der Waals surface area (Å²) in [6, 6.07) is 1.85. The summed E-state index contributed by atoms with van der Waals surface area (Å²) in [6.45, 7) is 25.6. The molecule has 7 nitrogen and oxygen atoms in total. The molecule has 0 amide bonds. The third-order valence-corrected chi connectivity index (χ3v) is 9.98. The predicted octanol–water partition coefficient (Wildman–Crippen LogP) is 5.38. The van der Waals surface area contributed by atoms with Gasteiger partial charge >= 0.3 is 20.5 Å². The minimum Gasteiger partial charge on any atom is -0.462 e. The molecule has 32 heavy (non-hydrogen) atoms. The summed E-state index contributed by atoms with van der Waals surface area (Å²) >= 11 is 0. The fourth-order valence-electron chi connectivity index (χ4n) is 2.73. The molecule has 0 atom stereocenters. The monoisotopic (exact) mass is 490 g/mol. The fourth-order valence-corrected chi connectivity index (χ4v) is 7.03. The van der Waals surface area contributed by atoms with Gasteiger partial charge in [-0.15, -0.1) is 0 Å². The second kappa shape index (κ2) is 18.2. The molecule has 0 N–H and O–H groups in total. The van der Waals surface area contributed by atoms with Gasteiger partial charge in [-0.05, 0) is 79.2 Å². The highest BCUT2D eigenvalue weighted by Gasteiger charge is 2.30. The molecule has 0 radical (unpaired) electrons. The molecule has 0 bridgehead atoms. The number of esters is 2. The molecule has 0 heterocycles. The van der Waals surface area contributed by atoms with Gasteiger partial charge in [-0.3, -0.25) is 0 Å². The first-order chi connectivity index (χ1) is 14.8. The first kappa shape index (κ1) is 32.9. The van der Waals surface area contributed by atoms with Crippen molar-refractivity contribution >= 4 is 28.8 Å². The van der Waals surface area contributed by atoms with E-state index in [0.29, 0.717) is 37.6 Å². The van der Waals surface area contributed by atoms with Crippen molar-refractivity contribution in [3.05, 3.63) is 24.3 Å². The number of hydrogen-bond acceptors (Lipinski definition) is 7. The largest absolute Gasteiger partial charge is 0.462 e. The Balaban J connectivity index is 0. The topological polar surface area (TPSA) is 80.3 Å². The Bertz CT molecular complexity index is 571. The summed E-state index contributed by atoms with van der Waals surface area (Å²) in [6.07, 6.45) is 1.64. The van der Waals surface area contributed by atoms with Crippen LogP contribution < -0.4 is 0 Å². The maximum absolute atomic E-state index is 11.1. The van der Waals surface area contributed by atoms with E-state index < -0.39 is 16.9 Å². The van der Waals surface area contributed by atoms with Crippen molar-refractivity contribution in [3.63, 3.8) is 0 Å². The Morgan fingerprint density at radius 2 is 1.06 bits per heavy atom. The lowest BCUT2D eigenvalue weighted by Crippen LogP contribution is -2.38. The Hall–Kier alpha value is -1.27. The van der Waals surface area contributed by atoms with Crippen LogP contribution in [0, 0.1) is 0 Å². The third kappa shape index (κ3) is 18.3. The second-order valence-electron chi connectivity index (χ2n) is 8.23. The van der Waals surface area contributed by atoms with Crippen molar-refractivity contribution in [1.29, 1.82) is 0 Å². The van der Waals surface area contributed by atoms with Crippen LogP contribution in [0.2, 0.25) is 31.7 Å². The lowest BCUT2D eigenvalue weighted by atomic mass is 10.4. The van der Waals surface area contributed by atoms with Gasteiger partial charge in [-0.2, -0.15) is 0 Å². The summed E-state index contributed by atoms with van der Waals surface area (Å²) in [4.78, 5) is 22.2. The molecule has 0 aliphatic rings. The first-order valence-electron chi connectivity index (χ1n) is 11.4. The quantitative estimate of drug-likeness (QED) is 0.124. The maximum atomic E-state index is 11.1. The molecule has 0 saturated carbocycles. The van der Waals surface area contributed by atoms with Crippen LogP contribution in [0.4, 0.5) is 0 Å². The van der Waals surface area contributed by atoms with Gasteiger partial charge in [-0.1, -0.05) is 13.2 Å². The molecule has 0 aromatic heterocycles. The van der Waals surface area contributed by atoms with Crippen LogP contribution in [-0.4, -0.2) is 61.9 Å². The van der Waals surface area contributed by atoms with Crippen molar-refractivity contribution in [3.8, 4) is 0 Å². The van der Waals surface area contributed by atoms with Gasteiger partial charge in [0.2, 0.25) is 0 Å². The van der Waals surface area contributed by atoms with Gasteiger partial charge < -0.3 is 22.8 Å². The molecule has 0 spiro atoms. The van der Waals surface area contributed by atoms with E-state index in [4.69, 9.17) is 22.8 Å². The molecular weight excluding hydrogens is 444 g/mol. The lowest BCUT2D eigenvalue weighted by Gasteiger charge is -2.25. The first-order valence-corrected chi connectivity index (χ1v) is 17.0. The standard InChI is InChI=1S/C12H24O4Si.C11H22O3Si/c1-6-15-17(5,16-7-2)10-8-9-14-12(13)11(3)4;1-6-14-15(4,5)9-7-8-13-11(12)10(2)3/h3,6-10H2,1-2,4-5H3;2,6-9H2,1,3-5H3. The summed E-state index contributed by atoms with van der Waals surface area (Å²) in [7, 11) is -3.58. The minimum absolute atomic E-state index is 0.300. The summed E-state index contributed by atoms with van der Waals surface area (Å²) in [5.74, 6) is -0.632. The van der Waals surface area contributed by atoms with Crippen molar-refractivity contribution < 1.29 is 32.3 Å². The van der Waals surface area contributed by atoms with E-state index in [1.54, 1.807) is 13.8 Å². The number of carbonyl (C=O) groups excluding carboxylic acids is 2. The van der Waals surface area contributed by atoms with Crippen LogP contribution in [0.3, 0.4) is 0 Å². The van der Waals surface area contributed by atoms with Crippen LogP contribution in [0.1, 0.15) is 47.5 Å². The normalized spacial score (nSPS) is 11.2. The maximum Gasteiger partial charge on any atom is 0.335 e. The van der Waals surface area contributed by atoms with E-state index >= 15 is 0 Å². The average Bonchev–Trinajstić information content (AvgIpc) is 2.69. The number of hydrogen-bond donors (Lipinski definition) is 0. The lowest BCUT2D eigenvalue weighted by molar-refractivity contribution is -0.139. The highest BCUT2D eigenvalue weighted by molar-refractivity contribution is 6.71. The molecule has 0 aromatic carbocycles. The van der Waals surface area contributed by atoms with E-state index in [9.17, 15) is 9.59 Å². The van der Waals surface area contributed by atoms with Gasteiger partial charge in [0.15, 0.2) is 8.32 Å². The number of carbonyl (C=O) groups is 2. The Morgan fingerprint density at radius 1 is 0.688 bits per heavy atom. The summed E-state index contributed by atoms with van der Waals surface area (Å²) in [5.41, 5.74) is 0.885. The Morgan fingerprint density at radius 3 is 1.41 bits per heavy atom. The zero-order valence-corrected chi connectivity index (χ0v) is 23.6. The van der Waals surface area contributed by atoms with Crippen molar-refractivity contribution in [2.45, 2.75) is 79.2 Å². The predicted molar refractivity (Wildman–Crippen MR) is 134 cm³/mol. The average molecular weight is 491 g/mol. The number of rotatable bonds is 16. The molecule has 0 aliphatic carbocycles. The molecule has 0 saturated heterocycles.